The number of nitrogens with zero attached hydrogens (tertiary/aromatic N) is 1. The maximum absolute atomic E-state index is 10.9. The van der Waals surface area contributed by atoms with E-state index in [0.29, 0.717) is 6.54 Å². The summed E-state index contributed by atoms with van der Waals surface area (Å²) in [6, 6.07) is 0.0559. The Morgan fingerprint density at radius 3 is 2.38 bits per heavy atom. The minimum atomic E-state index is -0.854. The molecule has 1 saturated heterocycles. The molecule has 2 atom stereocenters. The minimum absolute atomic E-state index is 0.000301. The van der Waals surface area contributed by atoms with Gasteiger partial charge in [-0.2, -0.15) is 0 Å². The highest BCUT2D eigenvalue weighted by Crippen LogP contribution is 2.32. The fourth-order valence-corrected chi connectivity index (χ4v) is 1.90. The van der Waals surface area contributed by atoms with Gasteiger partial charge in [0.2, 0.25) is 0 Å². The summed E-state index contributed by atoms with van der Waals surface area (Å²) in [4.78, 5) is 12.3. The van der Waals surface area contributed by atoms with Gasteiger partial charge in [-0.3, -0.25) is 0 Å². The maximum atomic E-state index is 10.9. The predicted octanol–water partition coefficient (Wildman–Crippen LogP) is 1.11. The highest BCUT2D eigenvalue weighted by atomic mass is 16.4. The lowest BCUT2D eigenvalue weighted by Gasteiger charge is -2.32. The summed E-state index contributed by atoms with van der Waals surface area (Å²) >= 11 is 0. The number of amides is 1. The molecule has 1 amide bonds. The summed E-state index contributed by atoms with van der Waals surface area (Å²) < 4.78 is 0. The lowest BCUT2D eigenvalue weighted by molar-refractivity contribution is 0.106. The van der Waals surface area contributed by atoms with Gasteiger partial charge in [-0.15, -0.1) is 0 Å². The zero-order chi connectivity index (χ0) is 10.2. The Bertz CT molecular complexity index is 210. The normalized spacial score (nSPS) is 29.4. The first-order valence-corrected chi connectivity index (χ1v) is 4.57. The predicted molar refractivity (Wildman–Crippen MR) is 50.6 cm³/mol. The van der Waals surface area contributed by atoms with Crippen molar-refractivity contribution in [3.63, 3.8) is 0 Å². The smallest absolute Gasteiger partial charge is 0.407 e. The number of hydrogen-bond acceptors (Lipinski definition) is 2. The van der Waals surface area contributed by atoms with Crippen LogP contribution in [0.15, 0.2) is 0 Å². The van der Waals surface area contributed by atoms with Crippen LogP contribution in [-0.2, 0) is 0 Å². The molecule has 76 valence electrons. The molecule has 0 aromatic heterocycles. The molecule has 0 spiro atoms. The largest absolute Gasteiger partial charge is 0.465 e. The molecule has 3 N–H and O–H groups in total. The first kappa shape index (κ1) is 10.3. The first-order chi connectivity index (χ1) is 5.82. The molecule has 13 heavy (non-hydrogen) atoms. The van der Waals surface area contributed by atoms with Crippen molar-refractivity contribution in [1.29, 1.82) is 0 Å². The van der Waals surface area contributed by atoms with E-state index in [4.69, 9.17) is 10.8 Å². The van der Waals surface area contributed by atoms with Crippen LogP contribution in [-0.4, -0.2) is 34.7 Å². The van der Waals surface area contributed by atoms with E-state index < -0.39 is 6.09 Å². The van der Waals surface area contributed by atoms with E-state index in [1.165, 1.54) is 4.90 Å². The standard InChI is InChI=1S/C9H18N2O2/c1-9(2,3)7-4-6(10)5-11(7)8(12)13/h6-7H,4-5,10H2,1-3H3,(H,12,13). The van der Waals surface area contributed by atoms with Gasteiger partial charge < -0.3 is 15.7 Å². The highest BCUT2D eigenvalue weighted by molar-refractivity contribution is 5.66. The minimum Gasteiger partial charge on any atom is -0.465 e. The molecule has 1 rings (SSSR count). The number of likely N-dealkylation sites (tertiary alicyclic amines) is 1. The van der Waals surface area contributed by atoms with Crippen LogP contribution >= 0.6 is 0 Å². The van der Waals surface area contributed by atoms with Crippen molar-refractivity contribution in [1.82, 2.24) is 4.90 Å². The topological polar surface area (TPSA) is 66.6 Å². The van der Waals surface area contributed by atoms with Crippen LogP contribution in [0.2, 0.25) is 0 Å². The number of nitrogens with two attached hydrogens (primary N) is 1. The average molecular weight is 186 g/mol. The van der Waals surface area contributed by atoms with Gasteiger partial charge in [-0.1, -0.05) is 20.8 Å². The summed E-state index contributed by atoms with van der Waals surface area (Å²) in [7, 11) is 0. The molecular weight excluding hydrogens is 168 g/mol. The van der Waals surface area contributed by atoms with E-state index in [0.717, 1.165) is 6.42 Å². The number of hydrogen-bond donors (Lipinski definition) is 2. The Kier molecular flexibility index (Phi) is 2.52. The Hall–Kier alpha value is -0.770. The quantitative estimate of drug-likeness (QED) is 0.595. The summed E-state index contributed by atoms with van der Waals surface area (Å²) in [5.41, 5.74) is 5.72. The van der Waals surface area contributed by atoms with Gasteiger partial charge in [0.15, 0.2) is 0 Å². The van der Waals surface area contributed by atoms with Crippen molar-refractivity contribution in [3.8, 4) is 0 Å². The molecule has 1 fully saturated rings. The average Bonchev–Trinajstić information content (AvgIpc) is 2.29. The lowest BCUT2D eigenvalue weighted by atomic mass is 9.85. The van der Waals surface area contributed by atoms with Crippen molar-refractivity contribution in [2.75, 3.05) is 6.54 Å². The Balaban J connectivity index is 2.78. The highest BCUT2D eigenvalue weighted by Gasteiger charge is 2.40. The zero-order valence-electron chi connectivity index (χ0n) is 8.45. The molecule has 4 heteroatoms. The van der Waals surface area contributed by atoms with E-state index in [-0.39, 0.29) is 17.5 Å². The van der Waals surface area contributed by atoms with Gasteiger partial charge in [0.05, 0.1) is 0 Å². The van der Waals surface area contributed by atoms with Crippen LogP contribution in [0.4, 0.5) is 4.79 Å². The molecule has 4 nitrogen and oxygen atoms in total. The van der Waals surface area contributed by atoms with Gasteiger partial charge >= 0.3 is 6.09 Å². The second-order valence-corrected chi connectivity index (χ2v) is 4.81. The molecular formula is C9H18N2O2. The van der Waals surface area contributed by atoms with E-state index in [9.17, 15) is 4.79 Å². The van der Waals surface area contributed by atoms with Crippen LogP contribution in [0, 0.1) is 5.41 Å². The van der Waals surface area contributed by atoms with Crippen LogP contribution in [0.3, 0.4) is 0 Å². The Morgan fingerprint density at radius 1 is 1.54 bits per heavy atom. The van der Waals surface area contributed by atoms with E-state index >= 15 is 0 Å². The lowest BCUT2D eigenvalue weighted by Crippen LogP contribution is -2.42. The fourth-order valence-electron chi connectivity index (χ4n) is 1.90. The molecule has 0 radical (unpaired) electrons. The molecule has 2 unspecified atom stereocenters. The molecule has 0 aromatic carbocycles. The maximum Gasteiger partial charge on any atom is 0.407 e. The fraction of sp³-hybridized carbons (Fsp3) is 0.889. The van der Waals surface area contributed by atoms with E-state index in [2.05, 4.69) is 0 Å². The molecule has 0 saturated carbocycles. The van der Waals surface area contributed by atoms with E-state index in [1.54, 1.807) is 0 Å². The molecule has 0 aromatic rings. The van der Waals surface area contributed by atoms with Crippen LogP contribution < -0.4 is 5.73 Å². The SMILES string of the molecule is CC(C)(C)C1CC(N)CN1C(=O)O. The Labute approximate surface area is 78.7 Å². The van der Waals surface area contributed by atoms with Crippen molar-refractivity contribution in [2.45, 2.75) is 39.3 Å². The number of rotatable bonds is 0. The van der Waals surface area contributed by atoms with Crippen molar-refractivity contribution >= 4 is 6.09 Å². The van der Waals surface area contributed by atoms with Gasteiger partial charge in [-0.05, 0) is 11.8 Å². The third-order valence-electron chi connectivity index (χ3n) is 2.58. The number of carboxylic acid groups (broad SMARTS) is 1. The molecule has 0 aliphatic carbocycles. The van der Waals surface area contributed by atoms with Gasteiger partial charge in [0.25, 0.3) is 0 Å². The first-order valence-electron chi connectivity index (χ1n) is 4.57. The van der Waals surface area contributed by atoms with Gasteiger partial charge in [-0.25, -0.2) is 4.79 Å². The van der Waals surface area contributed by atoms with E-state index in [1.807, 2.05) is 20.8 Å². The molecule has 1 aliphatic rings. The van der Waals surface area contributed by atoms with Crippen molar-refractivity contribution in [2.24, 2.45) is 11.1 Å². The van der Waals surface area contributed by atoms with Crippen LogP contribution in [0.25, 0.3) is 0 Å². The second kappa shape index (κ2) is 3.18. The number of carbonyl (C=O) groups is 1. The summed E-state index contributed by atoms with van der Waals surface area (Å²) in [6.45, 7) is 6.61. The summed E-state index contributed by atoms with van der Waals surface area (Å²) in [5.74, 6) is 0. The van der Waals surface area contributed by atoms with Crippen molar-refractivity contribution in [3.05, 3.63) is 0 Å². The molecule has 1 aliphatic heterocycles. The van der Waals surface area contributed by atoms with Crippen molar-refractivity contribution < 1.29 is 9.90 Å². The second-order valence-electron chi connectivity index (χ2n) is 4.81. The summed E-state index contributed by atoms with van der Waals surface area (Å²) in [5, 5.41) is 8.94. The van der Waals surface area contributed by atoms with Crippen LogP contribution in [0.5, 0.6) is 0 Å². The molecule has 0 bridgehead atoms. The summed E-state index contributed by atoms with van der Waals surface area (Å²) in [6.07, 6.45) is -0.0802. The third-order valence-corrected chi connectivity index (χ3v) is 2.58. The Morgan fingerprint density at radius 2 is 2.08 bits per heavy atom. The third kappa shape index (κ3) is 2.12. The van der Waals surface area contributed by atoms with Crippen LogP contribution in [0.1, 0.15) is 27.2 Å². The van der Waals surface area contributed by atoms with Gasteiger partial charge in [0.1, 0.15) is 0 Å². The van der Waals surface area contributed by atoms with Gasteiger partial charge in [0, 0.05) is 18.6 Å². The zero-order valence-corrected chi connectivity index (χ0v) is 8.45. The monoisotopic (exact) mass is 186 g/mol. The molecule has 1 heterocycles.